The molecule has 5 heteroatoms. The largest absolute Gasteiger partial charge is 0.492 e. The lowest BCUT2D eigenvalue weighted by molar-refractivity contribution is 0.0939. The second kappa shape index (κ2) is 9.20. The zero-order valence-electron chi connectivity index (χ0n) is 16.4. The van der Waals surface area contributed by atoms with Crippen LogP contribution in [0.4, 0.5) is 0 Å². The van der Waals surface area contributed by atoms with Gasteiger partial charge in [-0.1, -0.05) is 35.9 Å². The van der Waals surface area contributed by atoms with E-state index in [-0.39, 0.29) is 5.78 Å². The van der Waals surface area contributed by atoms with Crippen LogP contribution in [0, 0.1) is 18.3 Å². The first-order valence-corrected chi connectivity index (χ1v) is 9.44. The van der Waals surface area contributed by atoms with Crippen molar-refractivity contribution in [3.8, 4) is 11.8 Å². The number of ketones is 1. The Bertz CT molecular complexity index is 983. The summed E-state index contributed by atoms with van der Waals surface area (Å²) in [5.74, 6) is 0.913. The van der Waals surface area contributed by atoms with Gasteiger partial charge in [0.05, 0.1) is 19.0 Å². The van der Waals surface area contributed by atoms with E-state index in [2.05, 4.69) is 6.07 Å². The van der Waals surface area contributed by atoms with Gasteiger partial charge in [-0.2, -0.15) is 5.26 Å². The first-order chi connectivity index (χ1) is 13.6. The number of carbonyl (C=O) groups is 1. The van der Waals surface area contributed by atoms with Crippen molar-refractivity contribution in [2.45, 2.75) is 19.9 Å². The van der Waals surface area contributed by atoms with Gasteiger partial charge >= 0.3 is 0 Å². The molecule has 0 amide bonds. The van der Waals surface area contributed by atoms with E-state index in [4.69, 9.17) is 10.00 Å². The number of Topliss-reactive ketones (excluding diaryl/α,β-unsaturated/α-hetero) is 1. The molecule has 0 saturated carbocycles. The SMILES string of the molecule is Cc1ccc(OCCN(C)CC(=O)c2cn(CCC#N)c3ccccc23)cc1. The van der Waals surface area contributed by atoms with Crippen molar-refractivity contribution >= 4 is 16.7 Å². The van der Waals surface area contributed by atoms with Crippen LogP contribution in [-0.4, -0.2) is 42.0 Å². The summed E-state index contributed by atoms with van der Waals surface area (Å²) in [5, 5.41) is 9.80. The molecule has 2 aromatic carbocycles. The first kappa shape index (κ1) is 19.7. The molecule has 0 unspecified atom stereocenters. The average molecular weight is 375 g/mol. The summed E-state index contributed by atoms with van der Waals surface area (Å²) in [7, 11) is 1.92. The number of fused-ring (bicyclic) bond motifs is 1. The second-order valence-electron chi connectivity index (χ2n) is 6.98. The van der Waals surface area contributed by atoms with E-state index in [1.807, 2.05) is 78.2 Å². The number of ether oxygens (including phenoxy) is 1. The Balaban J connectivity index is 1.60. The van der Waals surface area contributed by atoms with Gasteiger partial charge in [-0.15, -0.1) is 0 Å². The number of benzene rings is 2. The predicted molar refractivity (Wildman–Crippen MR) is 111 cm³/mol. The second-order valence-corrected chi connectivity index (χ2v) is 6.98. The maximum Gasteiger partial charge on any atom is 0.178 e. The molecule has 0 saturated heterocycles. The van der Waals surface area contributed by atoms with Crippen LogP contribution in [-0.2, 0) is 6.54 Å². The van der Waals surface area contributed by atoms with Crippen molar-refractivity contribution in [1.82, 2.24) is 9.47 Å². The summed E-state index contributed by atoms with van der Waals surface area (Å²) in [4.78, 5) is 14.8. The van der Waals surface area contributed by atoms with Gasteiger partial charge in [0.2, 0.25) is 0 Å². The van der Waals surface area contributed by atoms with E-state index >= 15 is 0 Å². The number of para-hydroxylation sites is 1. The average Bonchev–Trinajstić information content (AvgIpc) is 3.07. The first-order valence-electron chi connectivity index (χ1n) is 9.44. The van der Waals surface area contributed by atoms with E-state index < -0.39 is 0 Å². The normalized spacial score (nSPS) is 10.9. The summed E-state index contributed by atoms with van der Waals surface area (Å²) < 4.78 is 7.74. The highest BCUT2D eigenvalue weighted by atomic mass is 16.5. The third kappa shape index (κ3) is 4.79. The maximum absolute atomic E-state index is 12.9. The smallest absolute Gasteiger partial charge is 0.178 e. The highest BCUT2D eigenvalue weighted by Gasteiger charge is 2.16. The van der Waals surface area contributed by atoms with Crippen LogP contribution in [0.3, 0.4) is 0 Å². The van der Waals surface area contributed by atoms with Crippen LogP contribution in [0.1, 0.15) is 22.3 Å². The minimum atomic E-state index is 0.0738. The van der Waals surface area contributed by atoms with Crippen molar-refractivity contribution in [3.05, 3.63) is 65.9 Å². The molecule has 3 aromatic rings. The van der Waals surface area contributed by atoms with Crippen molar-refractivity contribution in [2.24, 2.45) is 0 Å². The van der Waals surface area contributed by atoms with Crippen molar-refractivity contribution in [1.29, 1.82) is 5.26 Å². The molecular formula is C23H25N3O2. The molecule has 144 valence electrons. The third-order valence-electron chi connectivity index (χ3n) is 4.73. The number of rotatable bonds is 9. The molecule has 3 rings (SSSR count). The van der Waals surface area contributed by atoms with E-state index in [9.17, 15) is 4.79 Å². The van der Waals surface area contributed by atoms with Gasteiger partial charge in [0.1, 0.15) is 12.4 Å². The summed E-state index contributed by atoms with van der Waals surface area (Å²) in [6, 6.07) is 18.0. The van der Waals surface area contributed by atoms with Crippen LogP contribution >= 0.6 is 0 Å². The van der Waals surface area contributed by atoms with Crippen LogP contribution in [0.2, 0.25) is 0 Å². The molecule has 0 aliphatic rings. The Hall–Kier alpha value is -3.10. The number of hydrogen-bond donors (Lipinski definition) is 0. The topological polar surface area (TPSA) is 58.3 Å². The van der Waals surface area contributed by atoms with Gasteiger partial charge in [0, 0.05) is 35.8 Å². The Morgan fingerprint density at radius 3 is 2.68 bits per heavy atom. The molecule has 0 radical (unpaired) electrons. The minimum Gasteiger partial charge on any atom is -0.492 e. The summed E-state index contributed by atoms with van der Waals surface area (Å²) in [6.07, 6.45) is 2.30. The van der Waals surface area contributed by atoms with E-state index in [1.54, 1.807) is 0 Å². The monoisotopic (exact) mass is 375 g/mol. The van der Waals surface area contributed by atoms with Crippen LogP contribution in [0.5, 0.6) is 5.75 Å². The van der Waals surface area contributed by atoms with Gasteiger partial charge in [-0.25, -0.2) is 0 Å². The number of likely N-dealkylation sites (N-methyl/N-ethyl adjacent to an activating group) is 1. The van der Waals surface area contributed by atoms with Gasteiger partial charge in [0.25, 0.3) is 0 Å². The summed E-state index contributed by atoms with van der Waals surface area (Å²) in [6.45, 7) is 4.14. The molecule has 0 atom stereocenters. The zero-order chi connectivity index (χ0) is 19.9. The van der Waals surface area contributed by atoms with Gasteiger partial charge < -0.3 is 9.30 Å². The molecule has 0 fully saturated rings. The Kier molecular flexibility index (Phi) is 6.46. The molecule has 1 aromatic heterocycles. The summed E-state index contributed by atoms with van der Waals surface area (Å²) >= 11 is 0. The van der Waals surface area contributed by atoms with Crippen LogP contribution in [0.25, 0.3) is 10.9 Å². The quantitative estimate of drug-likeness (QED) is 0.529. The maximum atomic E-state index is 12.9. The molecule has 0 N–H and O–H groups in total. The molecule has 5 nitrogen and oxygen atoms in total. The van der Waals surface area contributed by atoms with Crippen LogP contribution in [0.15, 0.2) is 54.7 Å². The van der Waals surface area contributed by atoms with Crippen molar-refractivity contribution in [2.75, 3.05) is 26.7 Å². The zero-order valence-corrected chi connectivity index (χ0v) is 16.4. The fourth-order valence-electron chi connectivity index (χ4n) is 3.19. The molecule has 0 spiro atoms. The lowest BCUT2D eigenvalue weighted by atomic mass is 10.1. The minimum absolute atomic E-state index is 0.0738. The number of hydrogen-bond acceptors (Lipinski definition) is 4. The molecule has 0 aliphatic carbocycles. The number of aromatic nitrogens is 1. The fraction of sp³-hybridized carbons (Fsp3) is 0.304. The molecule has 1 heterocycles. The lowest BCUT2D eigenvalue weighted by Crippen LogP contribution is -2.30. The Morgan fingerprint density at radius 1 is 1.18 bits per heavy atom. The molecular weight excluding hydrogens is 350 g/mol. The van der Waals surface area contributed by atoms with Gasteiger partial charge in [-0.3, -0.25) is 9.69 Å². The molecule has 0 aliphatic heterocycles. The van der Waals surface area contributed by atoms with Gasteiger partial charge in [-0.05, 0) is 32.2 Å². The standard InChI is InChI=1S/C23H25N3O2/c1-18-8-10-19(11-9-18)28-15-14-25(2)17-23(27)21-16-26(13-5-12-24)22-7-4-3-6-20(21)22/h3-4,6-11,16H,5,13-15,17H2,1-2H3. The fourth-order valence-corrected chi connectivity index (χ4v) is 3.19. The summed E-state index contributed by atoms with van der Waals surface area (Å²) in [5.41, 5.74) is 2.90. The van der Waals surface area contributed by atoms with E-state index in [0.29, 0.717) is 38.2 Å². The number of carbonyl (C=O) groups excluding carboxylic acids is 1. The number of nitriles is 1. The number of aryl methyl sites for hydroxylation is 2. The van der Waals surface area contributed by atoms with Crippen molar-refractivity contribution in [3.63, 3.8) is 0 Å². The van der Waals surface area contributed by atoms with E-state index in [1.165, 1.54) is 5.56 Å². The van der Waals surface area contributed by atoms with Crippen molar-refractivity contribution < 1.29 is 9.53 Å². The predicted octanol–water partition coefficient (Wildman–Crippen LogP) is 4.06. The third-order valence-corrected chi connectivity index (χ3v) is 4.73. The number of nitrogens with zero attached hydrogens (tertiary/aromatic N) is 3. The van der Waals surface area contributed by atoms with Crippen LogP contribution < -0.4 is 4.74 Å². The van der Waals surface area contributed by atoms with E-state index in [0.717, 1.165) is 16.7 Å². The van der Waals surface area contributed by atoms with Gasteiger partial charge in [0.15, 0.2) is 5.78 Å². The Morgan fingerprint density at radius 2 is 1.93 bits per heavy atom. The highest BCUT2D eigenvalue weighted by molar-refractivity contribution is 6.09. The Labute approximate surface area is 165 Å². The molecule has 28 heavy (non-hydrogen) atoms. The molecule has 0 bridgehead atoms. The lowest BCUT2D eigenvalue weighted by Gasteiger charge is -2.16. The highest BCUT2D eigenvalue weighted by Crippen LogP contribution is 2.22.